The summed E-state index contributed by atoms with van der Waals surface area (Å²) in [5.74, 6) is -0.870. The van der Waals surface area contributed by atoms with E-state index in [-0.39, 0.29) is 23.8 Å². The molecule has 8 heteroatoms. The first-order chi connectivity index (χ1) is 13.5. The maximum atomic E-state index is 12.4. The van der Waals surface area contributed by atoms with Gasteiger partial charge in [-0.2, -0.15) is 0 Å². The molecule has 28 heavy (non-hydrogen) atoms. The van der Waals surface area contributed by atoms with E-state index in [1.54, 1.807) is 4.90 Å². The number of piperazine rings is 1. The number of halogens is 1. The highest BCUT2D eigenvalue weighted by Gasteiger charge is 2.23. The maximum Gasteiger partial charge on any atom is 0.342 e. The average Bonchev–Trinajstić information content (AvgIpc) is 2.72. The molecule has 0 unspecified atom stereocenters. The molecule has 0 spiro atoms. The number of esters is 1. The SMILES string of the molecule is COc1ccc(O)c(C(=O)OCC(=O)N2CCN(c3cccc(Cl)c3)CC2)c1. The molecule has 2 aromatic rings. The van der Waals surface area contributed by atoms with E-state index in [2.05, 4.69) is 4.90 Å². The number of amides is 1. The number of carbonyl (C=O) groups is 2. The second-order valence-corrected chi connectivity index (χ2v) is 6.74. The first-order valence-corrected chi connectivity index (χ1v) is 9.18. The van der Waals surface area contributed by atoms with E-state index >= 15 is 0 Å². The number of anilines is 1. The summed E-state index contributed by atoms with van der Waals surface area (Å²) in [5, 5.41) is 10.5. The minimum absolute atomic E-state index is 0.0436. The van der Waals surface area contributed by atoms with Crippen molar-refractivity contribution in [3.8, 4) is 11.5 Å². The lowest BCUT2D eigenvalue weighted by atomic mass is 10.2. The number of phenolic OH excluding ortho intramolecular Hbond substituents is 1. The Labute approximate surface area is 168 Å². The fourth-order valence-electron chi connectivity index (χ4n) is 2.99. The highest BCUT2D eigenvalue weighted by molar-refractivity contribution is 6.30. The quantitative estimate of drug-likeness (QED) is 0.771. The fourth-order valence-corrected chi connectivity index (χ4v) is 3.17. The van der Waals surface area contributed by atoms with Crippen LogP contribution in [0.2, 0.25) is 5.02 Å². The van der Waals surface area contributed by atoms with E-state index < -0.39 is 5.97 Å². The molecule has 1 aliphatic heterocycles. The van der Waals surface area contributed by atoms with Gasteiger partial charge in [-0.1, -0.05) is 17.7 Å². The number of rotatable bonds is 5. The molecule has 0 bridgehead atoms. The summed E-state index contributed by atoms with van der Waals surface area (Å²) in [5.41, 5.74) is 0.970. The summed E-state index contributed by atoms with van der Waals surface area (Å²) in [6.45, 7) is 1.99. The summed E-state index contributed by atoms with van der Waals surface area (Å²) < 4.78 is 10.1. The molecule has 0 radical (unpaired) electrons. The van der Waals surface area contributed by atoms with Crippen molar-refractivity contribution in [3.05, 3.63) is 53.1 Å². The van der Waals surface area contributed by atoms with E-state index in [1.807, 2.05) is 24.3 Å². The maximum absolute atomic E-state index is 12.4. The lowest BCUT2D eigenvalue weighted by molar-refractivity contribution is -0.134. The molecule has 3 rings (SSSR count). The third-order valence-electron chi connectivity index (χ3n) is 4.56. The van der Waals surface area contributed by atoms with Crippen LogP contribution < -0.4 is 9.64 Å². The van der Waals surface area contributed by atoms with Crippen LogP contribution in [0.5, 0.6) is 11.5 Å². The highest BCUT2D eigenvalue weighted by Crippen LogP contribution is 2.24. The number of ether oxygens (including phenoxy) is 2. The molecule has 0 atom stereocenters. The minimum atomic E-state index is -0.776. The summed E-state index contributed by atoms with van der Waals surface area (Å²) in [6.07, 6.45) is 0. The van der Waals surface area contributed by atoms with E-state index in [0.717, 1.165) is 5.69 Å². The Morgan fingerprint density at radius 3 is 2.54 bits per heavy atom. The van der Waals surface area contributed by atoms with Gasteiger partial charge in [-0.05, 0) is 36.4 Å². The largest absolute Gasteiger partial charge is 0.507 e. The van der Waals surface area contributed by atoms with Gasteiger partial charge in [-0.3, -0.25) is 4.79 Å². The molecule has 1 heterocycles. The number of phenols is 1. The molecular formula is C20H21ClN2O5. The third kappa shape index (κ3) is 4.67. The number of nitrogens with zero attached hydrogens (tertiary/aromatic N) is 2. The van der Waals surface area contributed by atoms with Gasteiger partial charge in [0.15, 0.2) is 6.61 Å². The Morgan fingerprint density at radius 1 is 1.11 bits per heavy atom. The molecule has 0 aliphatic carbocycles. The Morgan fingerprint density at radius 2 is 1.86 bits per heavy atom. The van der Waals surface area contributed by atoms with Crippen molar-refractivity contribution in [2.24, 2.45) is 0 Å². The van der Waals surface area contributed by atoms with Crippen LogP contribution >= 0.6 is 11.6 Å². The number of hydrogen-bond acceptors (Lipinski definition) is 6. The van der Waals surface area contributed by atoms with Gasteiger partial charge in [0, 0.05) is 36.9 Å². The third-order valence-corrected chi connectivity index (χ3v) is 4.79. The second kappa shape index (κ2) is 8.84. The van der Waals surface area contributed by atoms with Gasteiger partial charge >= 0.3 is 5.97 Å². The van der Waals surface area contributed by atoms with E-state index in [4.69, 9.17) is 21.1 Å². The van der Waals surface area contributed by atoms with Crippen molar-refractivity contribution >= 4 is 29.2 Å². The Bertz CT molecular complexity index is 865. The van der Waals surface area contributed by atoms with Gasteiger partial charge in [0.05, 0.1) is 7.11 Å². The van der Waals surface area contributed by atoms with Gasteiger partial charge in [-0.25, -0.2) is 4.79 Å². The molecule has 1 saturated heterocycles. The zero-order chi connectivity index (χ0) is 20.1. The molecule has 2 aromatic carbocycles. The van der Waals surface area contributed by atoms with Gasteiger partial charge in [0.25, 0.3) is 5.91 Å². The highest BCUT2D eigenvalue weighted by atomic mass is 35.5. The van der Waals surface area contributed by atoms with Crippen LogP contribution in [0.1, 0.15) is 10.4 Å². The zero-order valence-corrected chi connectivity index (χ0v) is 16.2. The minimum Gasteiger partial charge on any atom is -0.507 e. The molecule has 1 fully saturated rings. The summed E-state index contributed by atoms with van der Waals surface area (Å²) in [4.78, 5) is 28.3. The summed E-state index contributed by atoms with van der Waals surface area (Å²) in [6, 6.07) is 11.8. The van der Waals surface area contributed by atoms with Crippen molar-refractivity contribution in [1.29, 1.82) is 0 Å². The van der Waals surface area contributed by atoms with Gasteiger partial charge < -0.3 is 24.4 Å². The summed E-state index contributed by atoms with van der Waals surface area (Å²) in [7, 11) is 1.45. The van der Waals surface area contributed by atoms with E-state index in [1.165, 1.54) is 25.3 Å². The Balaban J connectivity index is 1.51. The van der Waals surface area contributed by atoms with Crippen molar-refractivity contribution in [2.75, 3.05) is 44.8 Å². The number of aromatic hydroxyl groups is 1. The second-order valence-electron chi connectivity index (χ2n) is 6.31. The molecule has 148 valence electrons. The van der Waals surface area contributed by atoms with Crippen LogP contribution in [-0.4, -0.2) is 61.8 Å². The van der Waals surface area contributed by atoms with Crippen LogP contribution in [0.4, 0.5) is 5.69 Å². The lowest BCUT2D eigenvalue weighted by Crippen LogP contribution is -2.49. The lowest BCUT2D eigenvalue weighted by Gasteiger charge is -2.36. The molecule has 1 N–H and O–H groups in total. The summed E-state index contributed by atoms with van der Waals surface area (Å²) >= 11 is 6.03. The van der Waals surface area contributed by atoms with Crippen molar-refractivity contribution in [3.63, 3.8) is 0 Å². The standard InChI is InChI=1S/C20H21ClN2O5/c1-27-16-5-6-18(24)17(12-16)20(26)28-13-19(25)23-9-7-22(8-10-23)15-4-2-3-14(21)11-15/h2-6,11-12,24H,7-10,13H2,1H3. The van der Waals surface area contributed by atoms with Crippen LogP contribution in [0.15, 0.2) is 42.5 Å². The van der Waals surface area contributed by atoms with Crippen LogP contribution in [0, 0.1) is 0 Å². The van der Waals surface area contributed by atoms with Crippen molar-refractivity contribution < 1.29 is 24.2 Å². The van der Waals surface area contributed by atoms with Crippen LogP contribution in [0.25, 0.3) is 0 Å². The predicted octanol–water partition coefficient (Wildman–Crippen LogP) is 2.56. The van der Waals surface area contributed by atoms with Gasteiger partial charge in [0.2, 0.25) is 0 Å². The molecule has 0 aromatic heterocycles. The number of carbonyl (C=O) groups excluding carboxylic acids is 2. The molecule has 0 saturated carbocycles. The normalized spacial score (nSPS) is 13.9. The van der Waals surface area contributed by atoms with E-state index in [0.29, 0.717) is 37.0 Å². The van der Waals surface area contributed by atoms with Crippen molar-refractivity contribution in [1.82, 2.24) is 4.90 Å². The topological polar surface area (TPSA) is 79.3 Å². The van der Waals surface area contributed by atoms with Crippen LogP contribution in [0.3, 0.4) is 0 Å². The molecule has 1 aliphatic rings. The number of benzene rings is 2. The molecule has 7 nitrogen and oxygen atoms in total. The average molecular weight is 405 g/mol. The first kappa shape index (κ1) is 19.8. The Kier molecular flexibility index (Phi) is 6.26. The zero-order valence-electron chi connectivity index (χ0n) is 15.4. The Hall–Kier alpha value is -2.93. The fraction of sp³-hybridized carbons (Fsp3) is 0.300. The number of methoxy groups -OCH3 is 1. The molecular weight excluding hydrogens is 384 g/mol. The van der Waals surface area contributed by atoms with E-state index in [9.17, 15) is 14.7 Å². The molecule has 1 amide bonds. The van der Waals surface area contributed by atoms with Gasteiger partial charge in [0.1, 0.15) is 17.1 Å². The first-order valence-electron chi connectivity index (χ1n) is 8.80. The van der Waals surface area contributed by atoms with Crippen LogP contribution in [-0.2, 0) is 9.53 Å². The monoisotopic (exact) mass is 404 g/mol. The van der Waals surface area contributed by atoms with Crippen molar-refractivity contribution in [2.45, 2.75) is 0 Å². The predicted molar refractivity (Wildman–Crippen MR) is 105 cm³/mol. The smallest absolute Gasteiger partial charge is 0.342 e. The number of hydrogen-bond donors (Lipinski definition) is 1. The van der Waals surface area contributed by atoms with Gasteiger partial charge in [-0.15, -0.1) is 0 Å².